The number of fused-ring (bicyclic) bond motifs is 1. The maximum Gasteiger partial charge on any atom is 0.330 e. The number of aromatic nitrogens is 4. The number of unbranched alkanes of at least 4 members (excludes halogenated alkanes) is 1. The Bertz CT molecular complexity index is 1070. The van der Waals surface area contributed by atoms with Gasteiger partial charge in [-0.05, 0) is 24.6 Å². The summed E-state index contributed by atoms with van der Waals surface area (Å²) < 4.78 is 23.0. The van der Waals surface area contributed by atoms with E-state index in [9.17, 15) is 14.0 Å². The number of hydrogen-bond donors (Lipinski definition) is 1. The van der Waals surface area contributed by atoms with Crippen molar-refractivity contribution >= 4 is 27.1 Å². The zero-order valence-electron chi connectivity index (χ0n) is 14.4. The van der Waals surface area contributed by atoms with E-state index in [0.29, 0.717) is 22.5 Å². The van der Waals surface area contributed by atoms with E-state index < -0.39 is 17.1 Å². The van der Waals surface area contributed by atoms with Crippen LogP contribution in [0.1, 0.15) is 25.6 Å². The third-order valence-electron chi connectivity index (χ3n) is 4.09. The second kappa shape index (κ2) is 7.45. The number of rotatable bonds is 6. The monoisotopic (exact) mass is 424 g/mol. The van der Waals surface area contributed by atoms with Gasteiger partial charge in [-0.15, -0.1) is 0 Å². The molecule has 0 saturated carbocycles. The van der Waals surface area contributed by atoms with Crippen molar-refractivity contribution in [2.24, 2.45) is 7.05 Å². The van der Waals surface area contributed by atoms with Gasteiger partial charge in [0.05, 0.1) is 0 Å². The van der Waals surface area contributed by atoms with E-state index in [-0.39, 0.29) is 17.9 Å². The Morgan fingerprint density at radius 1 is 1.35 bits per heavy atom. The van der Waals surface area contributed by atoms with Crippen LogP contribution in [0, 0.1) is 5.82 Å². The minimum absolute atomic E-state index is 0.0366. The Morgan fingerprint density at radius 2 is 2.12 bits per heavy atom. The van der Waals surface area contributed by atoms with E-state index in [0.717, 1.165) is 12.8 Å². The summed E-state index contributed by atoms with van der Waals surface area (Å²) in [7, 11) is 1.66. The largest absolute Gasteiger partial charge is 0.483 e. The van der Waals surface area contributed by atoms with Gasteiger partial charge in [-0.2, -0.15) is 0 Å². The van der Waals surface area contributed by atoms with Crippen LogP contribution < -0.4 is 16.0 Å². The van der Waals surface area contributed by atoms with Crippen molar-refractivity contribution in [1.29, 1.82) is 0 Å². The van der Waals surface area contributed by atoms with Crippen molar-refractivity contribution in [2.75, 3.05) is 0 Å². The summed E-state index contributed by atoms with van der Waals surface area (Å²) in [5, 5.41) is 0. The van der Waals surface area contributed by atoms with Crippen LogP contribution in [0.5, 0.6) is 5.75 Å². The summed E-state index contributed by atoms with van der Waals surface area (Å²) in [5.74, 6) is -0.00273. The van der Waals surface area contributed by atoms with Crippen molar-refractivity contribution in [3.8, 4) is 5.75 Å². The van der Waals surface area contributed by atoms with Crippen molar-refractivity contribution in [3.63, 3.8) is 0 Å². The Hall–Kier alpha value is -2.42. The first kappa shape index (κ1) is 18.4. The molecule has 0 amide bonds. The maximum absolute atomic E-state index is 13.9. The number of aromatic amines is 1. The van der Waals surface area contributed by atoms with Crippen molar-refractivity contribution < 1.29 is 9.13 Å². The van der Waals surface area contributed by atoms with Crippen LogP contribution in [0.3, 0.4) is 0 Å². The lowest BCUT2D eigenvalue weighted by atomic mass is 10.3. The van der Waals surface area contributed by atoms with Gasteiger partial charge in [0.1, 0.15) is 12.4 Å². The molecule has 3 rings (SSSR count). The van der Waals surface area contributed by atoms with Crippen LogP contribution in [-0.4, -0.2) is 19.1 Å². The van der Waals surface area contributed by atoms with Crippen LogP contribution in [0.4, 0.5) is 4.39 Å². The van der Waals surface area contributed by atoms with Crippen LogP contribution in [-0.2, 0) is 20.2 Å². The highest BCUT2D eigenvalue weighted by molar-refractivity contribution is 9.10. The molecular weight excluding hydrogens is 407 g/mol. The molecule has 0 saturated heterocycles. The topological polar surface area (TPSA) is 81.9 Å². The number of H-pyrrole nitrogens is 1. The molecule has 0 fully saturated rings. The second-order valence-corrected chi connectivity index (χ2v) is 6.80. The molecule has 0 unspecified atom stereocenters. The van der Waals surface area contributed by atoms with Crippen LogP contribution in [0.15, 0.2) is 32.3 Å². The van der Waals surface area contributed by atoms with E-state index in [2.05, 4.69) is 25.9 Å². The number of nitrogens with zero attached hydrogens (tertiary/aromatic N) is 3. The molecule has 1 aromatic carbocycles. The van der Waals surface area contributed by atoms with Gasteiger partial charge in [0.25, 0.3) is 5.56 Å². The summed E-state index contributed by atoms with van der Waals surface area (Å²) in [4.78, 5) is 31.0. The van der Waals surface area contributed by atoms with Crippen LogP contribution >= 0.6 is 15.9 Å². The maximum atomic E-state index is 13.9. The summed E-state index contributed by atoms with van der Waals surface area (Å²) >= 11 is 3.19. The summed E-state index contributed by atoms with van der Waals surface area (Å²) in [6, 6.07) is 4.48. The van der Waals surface area contributed by atoms with E-state index in [4.69, 9.17) is 4.74 Å². The highest BCUT2D eigenvalue weighted by Gasteiger charge is 2.17. The molecule has 0 aliphatic rings. The van der Waals surface area contributed by atoms with Crippen molar-refractivity contribution in [1.82, 2.24) is 19.1 Å². The van der Waals surface area contributed by atoms with Crippen molar-refractivity contribution in [3.05, 3.63) is 55.2 Å². The number of aryl methyl sites for hydroxylation is 2. The zero-order valence-corrected chi connectivity index (χ0v) is 16.0. The zero-order chi connectivity index (χ0) is 18.8. The Balaban J connectivity index is 1.99. The van der Waals surface area contributed by atoms with E-state index in [1.807, 2.05) is 6.92 Å². The quantitative estimate of drug-likeness (QED) is 0.659. The first-order valence-electron chi connectivity index (χ1n) is 8.18. The van der Waals surface area contributed by atoms with Crippen molar-refractivity contribution in [2.45, 2.75) is 32.9 Å². The van der Waals surface area contributed by atoms with Crippen LogP contribution in [0.25, 0.3) is 11.2 Å². The lowest BCUT2D eigenvalue weighted by molar-refractivity contribution is 0.278. The lowest BCUT2D eigenvalue weighted by Crippen LogP contribution is -2.31. The van der Waals surface area contributed by atoms with Gasteiger partial charge < -0.3 is 9.30 Å². The molecule has 0 bridgehead atoms. The molecule has 0 aliphatic heterocycles. The van der Waals surface area contributed by atoms with Gasteiger partial charge in [0.2, 0.25) is 0 Å². The van der Waals surface area contributed by atoms with Gasteiger partial charge >= 0.3 is 5.69 Å². The first-order chi connectivity index (χ1) is 12.4. The molecular formula is C17H18BrFN4O3. The number of hydrogen-bond acceptors (Lipinski definition) is 4. The average Bonchev–Trinajstić information content (AvgIpc) is 2.91. The number of ether oxygens (including phenoxy) is 1. The summed E-state index contributed by atoms with van der Waals surface area (Å²) in [6.07, 6.45) is 1.69. The first-order valence-corrected chi connectivity index (χ1v) is 8.98. The number of halogens is 2. The molecule has 7 nitrogen and oxygen atoms in total. The van der Waals surface area contributed by atoms with E-state index in [1.165, 1.54) is 16.7 Å². The molecule has 0 radical (unpaired) electrons. The van der Waals surface area contributed by atoms with Crippen LogP contribution in [0.2, 0.25) is 0 Å². The fourth-order valence-corrected chi connectivity index (χ4v) is 3.01. The fraction of sp³-hybridized carbons (Fsp3) is 0.353. The summed E-state index contributed by atoms with van der Waals surface area (Å²) in [6.45, 7) is 2.44. The number of nitrogens with one attached hydrogen (secondary N) is 1. The third kappa shape index (κ3) is 3.44. The highest BCUT2D eigenvalue weighted by atomic mass is 79.9. The fourth-order valence-electron chi connectivity index (χ4n) is 2.68. The Morgan fingerprint density at radius 3 is 2.81 bits per heavy atom. The molecule has 3 aromatic rings. The SMILES string of the molecule is CCCCn1c(=O)[nH]c(=O)c2c1nc(COc1ccc(Br)cc1F)n2C. The minimum Gasteiger partial charge on any atom is -0.483 e. The minimum atomic E-state index is -0.506. The molecule has 2 aromatic heterocycles. The smallest absolute Gasteiger partial charge is 0.330 e. The molecule has 138 valence electrons. The van der Waals surface area contributed by atoms with E-state index >= 15 is 0 Å². The molecule has 26 heavy (non-hydrogen) atoms. The van der Waals surface area contributed by atoms with Gasteiger partial charge in [0, 0.05) is 18.1 Å². The van der Waals surface area contributed by atoms with Gasteiger partial charge in [0.15, 0.2) is 22.7 Å². The van der Waals surface area contributed by atoms with Gasteiger partial charge in [-0.25, -0.2) is 14.2 Å². The highest BCUT2D eigenvalue weighted by Crippen LogP contribution is 2.22. The Labute approximate surface area is 156 Å². The molecule has 0 aliphatic carbocycles. The predicted octanol–water partition coefficient (Wildman–Crippen LogP) is 2.70. The third-order valence-corrected chi connectivity index (χ3v) is 4.58. The lowest BCUT2D eigenvalue weighted by Gasteiger charge is -2.07. The second-order valence-electron chi connectivity index (χ2n) is 5.89. The number of benzene rings is 1. The summed E-state index contributed by atoms with van der Waals surface area (Å²) in [5.41, 5.74) is -0.394. The number of imidazole rings is 1. The molecule has 0 atom stereocenters. The standard InChI is InChI=1S/C17H18BrFN4O3/c1-3-4-7-23-15-14(16(24)21-17(23)25)22(2)13(20-15)9-26-12-6-5-10(18)8-11(12)19/h5-6,8H,3-4,7,9H2,1-2H3,(H,21,24,25). The van der Waals surface area contributed by atoms with Gasteiger partial charge in [-0.3, -0.25) is 14.3 Å². The Kier molecular flexibility index (Phi) is 5.26. The predicted molar refractivity (Wildman–Crippen MR) is 98.9 cm³/mol. The average molecular weight is 425 g/mol. The molecule has 2 heterocycles. The van der Waals surface area contributed by atoms with Gasteiger partial charge in [-0.1, -0.05) is 29.3 Å². The molecule has 1 N–H and O–H groups in total. The molecule has 0 spiro atoms. The normalized spacial score (nSPS) is 11.2. The molecule has 9 heteroatoms. The van der Waals surface area contributed by atoms with E-state index in [1.54, 1.807) is 17.7 Å².